The van der Waals surface area contributed by atoms with E-state index in [-0.39, 0.29) is 17.9 Å². The maximum atomic E-state index is 11.0. The highest BCUT2D eigenvalue weighted by atomic mass is 35.5. The fraction of sp³-hybridized carbons (Fsp3) is 0.500. The summed E-state index contributed by atoms with van der Waals surface area (Å²) < 4.78 is 4.41. The van der Waals surface area contributed by atoms with Crippen LogP contribution in [0.25, 0.3) is 0 Å². The standard InChI is InChI=1S/C8H11ClO4/c1-5(9)3-6(4-7(10)11)8(12)13-2/h6H,1,3-4H2,2H3,(H,10,11)/t6-/m0/s1. The number of aliphatic carboxylic acids is 1. The van der Waals surface area contributed by atoms with Crippen LogP contribution < -0.4 is 0 Å². The lowest BCUT2D eigenvalue weighted by molar-refractivity contribution is -0.150. The number of methoxy groups -OCH3 is 1. The largest absolute Gasteiger partial charge is 0.481 e. The van der Waals surface area contributed by atoms with Crippen LogP contribution in [0.3, 0.4) is 0 Å². The number of carbonyl (C=O) groups excluding carboxylic acids is 1. The van der Waals surface area contributed by atoms with E-state index in [1.165, 1.54) is 7.11 Å². The fourth-order valence-electron chi connectivity index (χ4n) is 0.884. The van der Waals surface area contributed by atoms with Gasteiger partial charge in [-0.1, -0.05) is 18.2 Å². The zero-order valence-corrected chi connectivity index (χ0v) is 8.00. The van der Waals surface area contributed by atoms with E-state index in [9.17, 15) is 9.59 Å². The predicted octanol–water partition coefficient (Wildman–Crippen LogP) is 1.39. The summed E-state index contributed by atoms with van der Waals surface area (Å²) in [7, 11) is 1.20. The van der Waals surface area contributed by atoms with Crippen LogP contribution in [-0.4, -0.2) is 24.2 Å². The Bertz CT molecular complexity index is 208. The van der Waals surface area contributed by atoms with E-state index in [1.807, 2.05) is 0 Å². The summed E-state index contributed by atoms with van der Waals surface area (Å²) in [6, 6.07) is 0. The molecule has 4 nitrogen and oxygen atoms in total. The minimum atomic E-state index is -1.06. The molecular weight excluding hydrogens is 196 g/mol. The first-order chi connectivity index (χ1) is 5.97. The van der Waals surface area contributed by atoms with E-state index in [0.29, 0.717) is 0 Å². The quantitative estimate of drug-likeness (QED) is 0.691. The van der Waals surface area contributed by atoms with Crippen LogP contribution in [-0.2, 0) is 14.3 Å². The Labute approximate surface area is 81.1 Å². The Balaban J connectivity index is 4.26. The number of ether oxygens (including phenoxy) is 1. The Morgan fingerprint density at radius 3 is 2.38 bits per heavy atom. The van der Waals surface area contributed by atoms with Crippen molar-refractivity contribution >= 4 is 23.5 Å². The van der Waals surface area contributed by atoms with Crippen molar-refractivity contribution in [3.8, 4) is 0 Å². The summed E-state index contributed by atoms with van der Waals surface area (Å²) in [5, 5.41) is 8.71. The summed E-state index contributed by atoms with van der Waals surface area (Å²) in [4.78, 5) is 21.3. The zero-order chi connectivity index (χ0) is 10.4. The van der Waals surface area contributed by atoms with Crippen LogP contribution in [0, 0.1) is 5.92 Å². The van der Waals surface area contributed by atoms with Gasteiger partial charge in [0.15, 0.2) is 0 Å². The van der Waals surface area contributed by atoms with Crippen LogP contribution in [0.2, 0.25) is 0 Å². The molecule has 0 aliphatic rings. The summed E-state index contributed by atoms with van der Waals surface area (Å²) in [6.45, 7) is 3.38. The Hall–Kier alpha value is -1.03. The molecule has 0 unspecified atom stereocenters. The molecule has 0 aromatic carbocycles. The predicted molar refractivity (Wildman–Crippen MR) is 47.4 cm³/mol. The van der Waals surface area contributed by atoms with Gasteiger partial charge in [-0.2, -0.15) is 0 Å². The first-order valence-electron chi connectivity index (χ1n) is 3.60. The van der Waals surface area contributed by atoms with Crippen molar-refractivity contribution < 1.29 is 19.4 Å². The maximum Gasteiger partial charge on any atom is 0.309 e. The Morgan fingerprint density at radius 2 is 2.08 bits per heavy atom. The SMILES string of the molecule is C=C(Cl)C[C@@H](CC(=O)O)C(=O)OC. The van der Waals surface area contributed by atoms with Gasteiger partial charge in [0.2, 0.25) is 0 Å². The van der Waals surface area contributed by atoms with Crippen molar-refractivity contribution in [1.82, 2.24) is 0 Å². The molecule has 0 heterocycles. The van der Waals surface area contributed by atoms with Gasteiger partial charge in [0.05, 0.1) is 19.4 Å². The van der Waals surface area contributed by atoms with Gasteiger partial charge in [-0.15, -0.1) is 0 Å². The van der Waals surface area contributed by atoms with Crippen molar-refractivity contribution in [2.75, 3.05) is 7.11 Å². The highest BCUT2D eigenvalue weighted by Crippen LogP contribution is 2.18. The molecule has 13 heavy (non-hydrogen) atoms. The second-order valence-corrected chi connectivity index (χ2v) is 3.07. The number of esters is 1. The third-order valence-electron chi connectivity index (χ3n) is 1.42. The number of rotatable bonds is 5. The number of hydrogen-bond acceptors (Lipinski definition) is 3. The van der Waals surface area contributed by atoms with Gasteiger partial charge in [-0.05, 0) is 6.42 Å². The summed E-state index contributed by atoms with van der Waals surface area (Å²) >= 11 is 5.46. The van der Waals surface area contributed by atoms with Crippen molar-refractivity contribution in [2.45, 2.75) is 12.8 Å². The molecule has 0 bridgehead atoms. The Kier molecular flexibility index (Phi) is 5.14. The van der Waals surface area contributed by atoms with Gasteiger partial charge in [0, 0.05) is 5.03 Å². The number of allylic oxidation sites excluding steroid dienone is 1. The van der Waals surface area contributed by atoms with Gasteiger partial charge in [0.25, 0.3) is 0 Å². The highest BCUT2D eigenvalue weighted by molar-refractivity contribution is 6.29. The topological polar surface area (TPSA) is 63.6 Å². The van der Waals surface area contributed by atoms with Crippen molar-refractivity contribution in [3.05, 3.63) is 11.6 Å². The van der Waals surface area contributed by atoms with Gasteiger partial charge < -0.3 is 9.84 Å². The van der Waals surface area contributed by atoms with Crippen LogP contribution in [0.4, 0.5) is 0 Å². The minimum absolute atomic E-state index is 0.126. The van der Waals surface area contributed by atoms with E-state index in [2.05, 4.69) is 11.3 Å². The molecule has 0 spiro atoms. The van der Waals surface area contributed by atoms with Gasteiger partial charge in [0.1, 0.15) is 0 Å². The molecule has 0 aliphatic carbocycles. The molecule has 0 saturated heterocycles. The normalized spacial score (nSPS) is 11.8. The molecule has 0 aromatic heterocycles. The lowest BCUT2D eigenvalue weighted by atomic mass is 10.0. The van der Waals surface area contributed by atoms with Crippen molar-refractivity contribution in [2.24, 2.45) is 5.92 Å². The zero-order valence-electron chi connectivity index (χ0n) is 7.25. The van der Waals surface area contributed by atoms with Crippen molar-refractivity contribution in [3.63, 3.8) is 0 Å². The van der Waals surface area contributed by atoms with Crippen LogP contribution >= 0.6 is 11.6 Å². The molecule has 0 radical (unpaired) electrons. The number of carbonyl (C=O) groups is 2. The first kappa shape index (κ1) is 12.0. The van der Waals surface area contributed by atoms with Crippen molar-refractivity contribution in [1.29, 1.82) is 0 Å². The lowest BCUT2D eigenvalue weighted by Gasteiger charge is -2.10. The molecule has 0 rings (SSSR count). The molecule has 0 aliphatic heterocycles. The third-order valence-corrected chi connectivity index (χ3v) is 1.58. The summed E-state index contributed by atoms with van der Waals surface area (Å²) in [5.41, 5.74) is 0. The molecule has 0 aromatic rings. The van der Waals surface area contributed by atoms with Crippen LogP contribution in [0.15, 0.2) is 11.6 Å². The second-order valence-electron chi connectivity index (χ2n) is 2.54. The van der Waals surface area contributed by atoms with E-state index in [1.54, 1.807) is 0 Å². The van der Waals surface area contributed by atoms with E-state index in [0.717, 1.165) is 0 Å². The van der Waals surface area contributed by atoms with E-state index >= 15 is 0 Å². The molecule has 0 fully saturated rings. The minimum Gasteiger partial charge on any atom is -0.481 e. The van der Waals surface area contributed by atoms with Gasteiger partial charge in [-0.3, -0.25) is 9.59 Å². The van der Waals surface area contributed by atoms with Gasteiger partial charge >= 0.3 is 11.9 Å². The first-order valence-corrected chi connectivity index (χ1v) is 3.98. The summed E-state index contributed by atoms with van der Waals surface area (Å²) in [6.07, 6.45) is -0.168. The van der Waals surface area contributed by atoms with Crippen LogP contribution in [0.1, 0.15) is 12.8 Å². The third kappa shape index (κ3) is 5.25. The molecule has 0 amide bonds. The smallest absolute Gasteiger partial charge is 0.309 e. The number of carboxylic acids is 1. The average molecular weight is 207 g/mol. The monoisotopic (exact) mass is 206 g/mol. The molecule has 0 saturated carbocycles. The summed E-state index contributed by atoms with van der Waals surface area (Å²) in [5.74, 6) is -2.38. The van der Waals surface area contributed by atoms with E-state index in [4.69, 9.17) is 16.7 Å². The lowest BCUT2D eigenvalue weighted by Crippen LogP contribution is -2.19. The van der Waals surface area contributed by atoms with E-state index < -0.39 is 17.9 Å². The molecule has 74 valence electrons. The number of halogens is 1. The highest BCUT2D eigenvalue weighted by Gasteiger charge is 2.22. The average Bonchev–Trinajstić information content (AvgIpc) is 2.00. The number of hydrogen-bond donors (Lipinski definition) is 1. The number of carboxylic acid groups (broad SMARTS) is 1. The molecule has 1 atom stereocenters. The van der Waals surface area contributed by atoms with Crippen LogP contribution in [0.5, 0.6) is 0 Å². The maximum absolute atomic E-state index is 11.0. The fourth-order valence-corrected chi connectivity index (χ4v) is 1.07. The molecular formula is C8H11ClO4. The molecule has 1 N–H and O–H groups in total. The second kappa shape index (κ2) is 5.59. The van der Waals surface area contributed by atoms with Gasteiger partial charge in [-0.25, -0.2) is 0 Å². The Morgan fingerprint density at radius 1 is 1.54 bits per heavy atom. The molecule has 5 heteroatoms.